The van der Waals surface area contributed by atoms with Gasteiger partial charge < -0.3 is 9.15 Å². The molecule has 0 unspecified atom stereocenters. The summed E-state index contributed by atoms with van der Waals surface area (Å²) in [5, 5.41) is 0. The third-order valence-electron chi connectivity index (χ3n) is 5.71. The normalized spacial score (nSPS) is 15.9. The summed E-state index contributed by atoms with van der Waals surface area (Å²) in [7, 11) is 3.53. The molecule has 0 saturated heterocycles. The summed E-state index contributed by atoms with van der Waals surface area (Å²) >= 11 is 0. The summed E-state index contributed by atoms with van der Waals surface area (Å²) in [5.74, 6) is 1.05. The molecule has 4 rings (SSSR count). The number of carbonyl (C=O) groups excluding carboxylic acids is 1. The molecule has 0 saturated carbocycles. The molecule has 1 aliphatic carbocycles. The van der Waals surface area contributed by atoms with Crippen molar-refractivity contribution in [1.29, 1.82) is 0 Å². The lowest BCUT2D eigenvalue weighted by Crippen LogP contribution is -2.27. The minimum atomic E-state index is -0.352. The quantitative estimate of drug-likeness (QED) is 0.577. The van der Waals surface area contributed by atoms with Crippen LogP contribution in [0.5, 0.6) is 0 Å². The van der Waals surface area contributed by atoms with Crippen molar-refractivity contribution < 1.29 is 13.9 Å². The second-order valence-corrected chi connectivity index (χ2v) is 7.61. The Hall–Kier alpha value is -2.92. The largest absolute Gasteiger partial charge is 0.465 e. The van der Waals surface area contributed by atoms with Gasteiger partial charge >= 0.3 is 5.97 Å². The Labute approximate surface area is 171 Å². The highest BCUT2D eigenvalue weighted by molar-refractivity contribution is 5.89. The fraction of sp³-hybridized carbons (Fsp3) is 0.333. The number of fused-ring (bicyclic) bond motifs is 1. The number of carbonyl (C=O) groups is 1. The molecule has 0 radical (unpaired) electrons. The van der Waals surface area contributed by atoms with Gasteiger partial charge in [0, 0.05) is 18.2 Å². The highest BCUT2D eigenvalue weighted by atomic mass is 16.5. The van der Waals surface area contributed by atoms with Crippen molar-refractivity contribution in [3.05, 3.63) is 76.7 Å². The van der Waals surface area contributed by atoms with Gasteiger partial charge in [-0.15, -0.1) is 0 Å². The highest BCUT2D eigenvalue weighted by Crippen LogP contribution is 2.34. The van der Waals surface area contributed by atoms with Crippen molar-refractivity contribution >= 4 is 5.97 Å². The summed E-state index contributed by atoms with van der Waals surface area (Å²) in [6.45, 7) is 2.69. The van der Waals surface area contributed by atoms with E-state index in [1.54, 1.807) is 12.1 Å². The van der Waals surface area contributed by atoms with Gasteiger partial charge in [0.1, 0.15) is 5.76 Å². The van der Waals surface area contributed by atoms with E-state index in [1.165, 1.54) is 24.7 Å². The van der Waals surface area contributed by atoms with Gasteiger partial charge in [-0.05, 0) is 68.6 Å². The maximum absolute atomic E-state index is 11.6. The van der Waals surface area contributed by atoms with Crippen LogP contribution >= 0.6 is 0 Å². The van der Waals surface area contributed by atoms with Crippen molar-refractivity contribution in [1.82, 2.24) is 9.88 Å². The lowest BCUT2D eigenvalue weighted by molar-refractivity contribution is 0.0600. The average Bonchev–Trinajstić information content (AvgIpc) is 3.13. The smallest absolute Gasteiger partial charge is 0.337 e. The molecule has 3 aromatic rings. The molecule has 2 aromatic carbocycles. The van der Waals surface area contributed by atoms with E-state index in [2.05, 4.69) is 36.2 Å². The van der Waals surface area contributed by atoms with Crippen molar-refractivity contribution in [3.63, 3.8) is 0 Å². The summed E-state index contributed by atoms with van der Waals surface area (Å²) in [4.78, 5) is 18.7. The number of benzene rings is 2. The number of aromatic nitrogens is 1. The van der Waals surface area contributed by atoms with E-state index < -0.39 is 0 Å². The number of aryl methyl sites for hydroxylation is 2. The second-order valence-electron chi connectivity index (χ2n) is 7.61. The Bertz CT molecular complexity index is 1010. The monoisotopic (exact) mass is 390 g/mol. The maximum atomic E-state index is 11.6. The summed E-state index contributed by atoms with van der Waals surface area (Å²) in [6, 6.07) is 16.3. The van der Waals surface area contributed by atoms with Crippen LogP contribution in [0.15, 0.2) is 52.9 Å². The molecule has 1 atom stereocenters. The number of hydrogen-bond donors (Lipinski definition) is 0. The predicted molar refractivity (Wildman–Crippen MR) is 112 cm³/mol. The zero-order valence-electron chi connectivity index (χ0n) is 17.1. The molecule has 0 bridgehead atoms. The number of nitrogens with zero attached hydrogens (tertiary/aromatic N) is 2. The topological polar surface area (TPSA) is 55.6 Å². The van der Waals surface area contributed by atoms with Crippen LogP contribution in [-0.4, -0.2) is 30.0 Å². The van der Waals surface area contributed by atoms with Crippen molar-refractivity contribution in [2.45, 2.75) is 38.8 Å². The third kappa shape index (κ3) is 3.96. The van der Waals surface area contributed by atoms with Crippen LogP contribution in [0, 0.1) is 6.92 Å². The number of methoxy groups -OCH3 is 1. The lowest BCUT2D eigenvalue weighted by Gasteiger charge is -2.33. The van der Waals surface area contributed by atoms with Crippen LogP contribution in [0.4, 0.5) is 0 Å². The molecule has 1 aromatic heterocycles. The standard InChI is InChI=1S/C24H26N2O3/c1-16-21(15-26(2)22-10-6-8-17-7-4-5-9-20(17)22)25-23(29-16)18-11-13-19(14-12-18)24(27)28-3/h4-5,7,9,11-14,22H,6,8,10,15H2,1-3H3/t22-/m1/s1. The molecule has 5 nitrogen and oxygen atoms in total. The molecule has 0 amide bonds. The van der Waals surface area contributed by atoms with Gasteiger partial charge in [0.2, 0.25) is 5.89 Å². The minimum Gasteiger partial charge on any atom is -0.465 e. The van der Waals surface area contributed by atoms with Gasteiger partial charge in [-0.25, -0.2) is 9.78 Å². The Morgan fingerprint density at radius 1 is 1.21 bits per heavy atom. The van der Waals surface area contributed by atoms with Crippen LogP contribution in [0.3, 0.4) is 0 Å². The molecular weight excluding hydrogens is 364 g/mol. The van der Waals surface area contributed by atoms with Crippen LogP contribution in [0.25, 0.3) is 11.5 Å². The summed E-state index contributed by atoms with van der Waals surface area (Å²) in [5.41, 5.74) is 5.19. The number of oxazole rings is 1. The Morgan fingerprint density at radius 3 is 2.72 bits per heavy atom. The SMILES string of the molecule is COC(=O)c1ccc(-c2nc(CN(C)[C@@H]3CCCc4ccccc43)c(C)o2)cc1. The van der Waals surface area contributed by atoms with Crippen LogP contribution < -0.4 is 0 Å². The van der Waals surface area contributed by atoms with Crippen molar-refractivity contribution in [2.75, 3.05) is 14.2 Å². The maximum Gasteiger partial charge on any atom is 0.337 e. The molecular formula is C24H26N2O3. The minimum absolute atomic E-state index is 0.352. The number of ether oxygens (including phenoxy) is 1. The molecule has 5 heteroatoms. The van der Waals surface area contributed by atoms with Gasteiger partial charge in [-0.2, -0.15) is 0 Å². The van der Waals surface area contributed by atoms with Crippen LogP contribution in [0.2, 0.25) is 0 Å². The molecule has 1 aliphatic rings. The molecule has 0 N–H and O–H groups in total. The first-order chi connectivity index (χ1) is 14.1. The first kappa shape index (κ1) is 19.4. The van der Waals surface area contributed by atoms with E-state index in [0.717, 1.165) is 36.4 Å². The third-order valence-corrected chi connectivity index (χ3v) is 5.71. The van der Waals surface area contributed by atoms with Gasteiger partial charge in [0.25, 0.3) is 0 Å². The first-order valence-corrected chi connectivity index (χ1v) is 10.00. The zero-order chi connectivity index (χ0) is 20.4. The van der Waals surface area contributed by atoms with E-state index in [4.69, 9.17) is 14.1 Å². The Kier molecular flexibility index (Phi) is 5.49. The zero-order valence-corrected chi connectivity index (χ0v) is 17.1. The molecule has 150 valence electrons. The lowest BCUT2D eigenvalue weighted by atomic mass is 9.87. The fourth-order valence-corrected chi connectivity index (χ4v) is 4.10. The van der Waals surface area contributed by atoms with Gasteiger partial charge in [0.05, 0.1) is 18.4 Å². The van der Waals surface area contributed by atoms with E-state index in [1.807, 2.05) is 19.1 Å². The van der Waals surface area contributed by atoms with Gasteiger partial charge in [-0.3, -0.25) is 4.90 Å². The number of hydrogen-bond acceptors (Lipinski definition) is 5. The second kappa shape index (κ2) is 8.21. The first-order valence-electron chi connectivity index (χ1n) is 10.00. The molecule has 0 fully saturated rings. The van der Waals surface area contributed by atoms with Crippen LogP contribution in [-0.2, 0) is 17.7 Å². The summed E-state index contributed by atoms with van der Waals surface area (Å²) < 4.78 is 10.7. The molecule has 29 heavy (non-hydrogen) atoms. The van der Waals surface area contributed by atoms with E-state index >= 15 is 0 Å². The Morgan fingerprint density at radius 2 is 1.97 bits per heavy atom. The highest BCUT2D eigenvalue weighted by Gasteiger charge is 2.25. The van der Waals surface area contributed by atoms with Crippen molar-refractivity contribution in [3.8, 4) is 11.5 Å². The average molecular weight is 390 g/mol. The van der Waals surface area contributed by atoms with E-state index in [0.29, 0.717) is 17.5 Å². The van der Waals surface area contributed by atoms with E-state index in [9.17, 15) is 4.79 Å². The Balaban J connectivity index is 1.52. The van der Waals surface area contributed by atoms with Gasteiger partial charge in [-0.1, -0.05) is 24.3 Å². The van der Waals surface area contributed by atoms with Crippen molar-refractivity contribution in [2.24, 2.45) is 0 Å². The predicted octanol–water partition coefficient (Wildman–Crippen LogP) is 4.95. The number of rotatable bonds is 5. The fourth-order valence-electron chi connectivity index (χ4n) is 4.10. The molecule has 1 heterocycles. The molecule has 0 aliphatic heterocycles. The van der Waals surface area contributed by atoms with E-state index in [-0.39, 0.29) is 5.97 Å². The van der Waals surface area contributed by atoms with Gasteiger partial charge in [0.15, 0.2) is 0 Å². The summed E-state index contributed by atoms with van der Waals surface area (Å²) in [6.07, 6.45) is 3.53. The van der Waals surface area contributed by atoms with Crippen LogP contribution in [0.1, 0.15) is 51.8 Å². The number of esters is 1. The molecule has 0 spiro atoms.